The van der Waals surface area contributed by atoms with Crippen molar-refractivity contribution in [3.05, 3.63) is 53.1 Å². The van der Waals surface area contributed by atoms with Crippen molar-refractivity contribution in [2.24, 2.45) is 0 Å². The van der Waals surface area contributed by atoms with Crippen molar-refractivity contribution in [1.29, 1.82) is 0 Å². The van der Waals surface area contributed by atoms with Gasteiger partial charge in [0.15, 0.2) is 11.5 Å². The molecule has 0 radical (unpaired) electrons. The zero-order chi connectivity index (χ0) is 17.5. The van der Waals surface area contributed by atoms with E-state index in [4.69, 9.17) is 14.2 Å². The monoisotopic (exact) mass is 329 g/mol. The number of nitrogens with one attached hydrogen (secondary N) is 1. The maximum atomic E-state index is 12.2. The summed E-state index contributed by atoms with van der Waals surface area (Å²) in [5, 5.41) is 2.92. The molecule has 24 heavy (non-hydrogen) atoms. The number of carbonyl (C=O) groups is 1. The highest BCUT2D eigenvalue weighted by Crippen LogP contribution is 2.38. The van der Waals surface area contributed by atoms with Crippen LogP contribution in [0, 0.1) is 6.92 Å². The van der Waals surface area contributed by atoms with Gasteiger partial charge in [0.1, 0.15) is 0 Å². The van der Waals surface area contributed by atoms with Crippen LogP contribution in [-0.4, -0.2) is 27.2 Å². The fourth-order valence-corrected chi connectivity index (χ4v) is 2.48. The van der Waals surface area contributed by atoms with Gasteiger partial charge in [-0.25, -0.2) is 0 Å². The van der Waals surface area contributed by atoms with Crippen molar-refractivity contribution in [2.45, 2.75) is 19.9 Å². The Morgan fingerprint density at radius 3 is 2.17 bits per heavy atom. The second kappa shape index (κ2) is 8.24. The average Bonchev–Trinajstić information content (AvgIpc) is 2.60. The van der Waals surface area contributed by atoms with Crippen molar-refractivity contribution in [1.82, 2.24) is 5.32 Å². The summed E-state index contributed by atoms with van der Waals surface area (Å²) in [6.07, 6.45) is 0.358. The molecule has 2 aromatic carbocycles. The van der Waals surface area contributed by atoms with Crippen LogP contribution >= 0.6 is 0 Å². The first-order valence-electron chi connectivity index (χ1n) is 7.69. The van der Waals surface area contributed by atoms with Crippen LogP contribution in [0.3, 0.4) is 0 Å². The van der Waals surface area contributed by atoms with Gasteiger partial charge in [0, 0.05) is 6.54 Å². The van der Waals surface area contributed by atoms with Gasteiger partial charge < -0.3 is 19.5 Å². The van der Waals surface area contributed by atoms with Crippen LogP contribution in [0.15, 0.2) is 36.4 Å². The fourth-order valence-electron chi connectivity index (χ4n) is 2.48. The Labute approximate surface area is 142 Å². The lowest BCUT2D eigenvalue weighted by atomic mass is 10.1. The molecule has 0 aliphatic rings. The number of aryl methyl sites for hydroxylation is 1. The third-order valence-electron chi connectivity index (χ3n) is 3.83. The molecule has 0 saturated carbocycles. The quantitative estimate of drug-likeness (QED) is 0.848. The number of carbonyl (C=O) groups excluding carboxylic acids is 1. The summed E-state index contributed by atoms with van der Waals surface area (Å²) in [6, 6.07) is 11.5. The van der Waals surface area contributed by atoms with E-state index >= 15 is 0 Å². The molecule has 5 nitrogen and oxygen atoms in total. The van der Waals surface area contributed by atoms with Gasteiger partial charge >= 0.3 is 0 Å². The Kier molecular flexibility index (Phi) is 6.07. The molecule has 5 heteroatoms. The summed E-state index contributed by atoms with van der Waals surface area (Å²) in [5.74, 6) is 1.65. The second-order valence-corrected chi connectivity index (χ2v) is 5.41. The van der Waals surface area contributed by atoms with E-state index in [2.05, 4.69) is 5.32 Å². The molecule has 0 heterocycles. The minimum atomic E-state index is -0.0296. The van der Waals surface area contributed by atoms with Gasteiger partial charge in [-0.2, -0.15) is 0 Å². The van der Waals surface area contributed by atoms with E-state index in [1.807, 2.05) is 43.3 Å². The SMILES string of the molecule is COc1cc(CNC(=O)Cc2ccccc2C)cc(OC)c1OC. The molecule has 0 aliphatic carbocycles. The van der Waals surface area contributed by atoms with Gasteiger partial charge in [-0.3, -0.25) is 4.79 Å². The topological polar surface area (TPSA) is 56.8 Å². The van der Waals surface area contributed by atoms with Crippen LogP contribution < -0.4 is 19.5 Å². The third-order valence-corrected chi connectivity index (χ3v) is 3.83. The molecule has 0 fully saturated rings. The van der Waals surface area contributed by atoms with Crippen molar-refractivity contribution in [2.75, 3.05) is 21.3 Å². The normalized spacial score (nSPS) is 10.2. The number of ether oxygens (including phenoxy) is 3. The van der Waals surface area contributed by atoms with E-state index in [1.54, 1.807) is 21.3 Å². The molecule has 1 amide bonds. The number of methoxy groups -OCH3 is 3. The summed E-state index contributed by atoms with van der Waals surface area (Å²) in [7, 11) is 4.69. The zero-order valence-corrected chi connectivity index (χ0v) is 14.5. The van der Waals surface area contributed by atoms with Crippen molar-refractivity contribution in [3.63, 3.8) is 0 Å². The standard InChI is InChI=1S/C19H23NO4/c1-13-7-5-6-8-15(13)11-18(21)20-12-14-9-16(22-2)19(24-4)17(10-14)23-3/h5-10H,11-12H2,1-4H3,(H,20,21). The Hall–Kier alpha value is -2.69. The van der Waals surface area contributed by atoms with Crippen LogP contribution in [0.1, 0.15) is 16.7 Å². The lowest BCUT2D eigenvalue weighted by Gasteiger charge is -2.14. The van der Waals surface area contributed by atoms with Gasteiger partial charge in [0.25, 0.3) is 0 Å². The summed E-state index contributed by atoms with van der Waals surface area (Å²) in [5.41, 5.74) is 3.02. The molecule has 0 saturated heterocycles. The molecular weight excluding hydrogens is 306 g/mol. The molecule has 0 spiro atoms. The van der Waals surface area contributed by atoms with Crippen molar-refractivity contribution in [3.8, 4) is 17.2 Å². The smallest absolute Gasteiger partial charge is 0.224 e. The van der Waals surface area contributed by atoms with Gasteiger partial charge in [0.2, 0.25) is 11.7 Å². The lowest BCUT2D eigenvalue weighted by Crippen LogP contribution is -2.24. The van der Waals surface area contributed by atoms with E-state index in [0.29, 0.717) is 30.2 Å². The maximum Gasteiger partial charge on any atom is 0.224 e. The summed E-state index contributed by atoms with van der Waals surface area (Å²) in [4.78, 5) is 12.2. The van der Waals surface area contributed by atoms with E-state index in [0.717, 1.165) is 16.7 Å². The molecule has 0 unspecified atom stereocenters. The van der Waals surface area contributed by atoms with Crippen molar-refractivity contribution < 1.29 is 19.0 Å². The number of amides is 1. The van der Waals surface area contributed by atoms with Crippen LogP contribution in [0.25, 0.3) is 0 Å². The molecule has 1 N–H and O–H groups in total. The number of hydrogen-bond donors (Lipinski definition) is 1. The van der Waals surface area contributed by atoms with E-state index < -0.39 is 0 Å². The molecule has 0 aromatic heterocycles. The third kappa shape index (κ3) is 4.19. The van der Waals surface area contributed by atoms with Gasteiger partial charge in [-0.05, 0) is 35.7 Å². The first-order chi connectivity index (χ1) is 11.6. The van der Waals surface area contributed by atoms with Crippen LogP contribution in [-0.2, 0) is 17.8 Å². The Bertz CT molecular complexity index is 687. The molecule has 0 aliphatic heterocycles. The predicted molar refractivity (Wildman–Crippen MR) is 92.8 cm³/mol. The van der Waals surface area contributed by atoms with E-state index in [9.17, 15) is 4.79 Å². The highest BCUT2D eigenvalue weighted by Gasteiger charge is 2.13. The number of hydrogen-bond acceptors (Lipinski definition) is 4. The highest BCUT2D eigenvalue weighted by atomic mass is 16.5. The van der Waals surface area contributed by atoms with E-state index in [1.165, 1.54) is 0 Å². The Morgan fingerprint density at radius 1 is 1.00 bits per heavy atom. The summed E-state index contributed by atoms with van der Waals surface area (Å²) in [6.45, 7) is 2.39. The van der Waals surface area contributed by atoms with Crippen LogP contribution in [0.4, 0.5) is 0 Å². The number of benzene rings is 2. The Balaban J connectivity index is 2.06. The van der Waals surface area contributed by atoms with Crippen molar-refractivity contribution >= 4 is 5.91 Å². The van der Waals surface area contributed by atoms with Gasteiger partial charge in [0.05, 0.1) is 27.8 Å². The highest BCUT2D eigenvalue weighted by molar-refractivity contribution is 5.79. The summed E-state index contributed by atoms with van der Waals surface area (Å²) < 4.78 is 15.9. The van der Waals surface area contributed by atoms with Gasteiger partial charge in [-0.1, -0.05) is 24.3 Å². The van der Waals surface area contributed by atoms with Gasteiger partial charge in [-0.15, -0.1) is 0 Å². The summed E-state index contributed by atoms with van der Waals surface area (Å²) >= 11 is 0. The molecule has 0 bridgehead atoms. The Morgan fingerprint density at radius 2 is 1.62 bits per heavy atom. The lowest BCUT2D eigenvalue weighted by molar-refractivity contribution is -0.120. The molecule has 2 aromatic rings. The first-order valence-corrected chi connectivity index (χ1v) is 7.69. The molecule has 0 atom stereocenters. The molecule has 128 valence electrons. The minimum Gasteiger partial charge on any atom is -0.493 e. The fraction of sp³-hybridized carbons (Fsp3) is 0.316. The molecular formula is C19H23NO4. The largest absolute Gasteiger partial charge is 0.493 e. The van der Waals surface area contributed by atoms with E-state index in [-0.39, 0.29) is 5.91 Å². The van der Waals surface area contributed by atoms with Crippen LogP contribution in [0.2, 0.25) is 0 Å². The predicted octanol–water partition coefficient (Wildman–Crippen LogP) is 2.88. The van der Waals surface area contributed by atoms with Crippen LogP contribution in [0.5, 0.6) is 17.2 Å². The number of rotatable bonds is 7. The second-order valence-electron chi connectivity index (χ2n) is 5.41. The minimum absolute atomic E-state index is 0.0296. The average molecular weight is 329 g/mol. The maximum absolute atomic E-state index is 12.2. The zero-order valence-electron chi connectivity index (χ0n) is 14.5. The molecule has 2 rings (SSSR count). The first kappa shape index (κ1) is 17.7.